The fourth-order valence-electron chi connectivity index (χ4n) is 1.02. The van der Waals surface area contributed by atoms with Gasteiger partial charge in [0, 0.05) is 0 Å². The van der Waals surface area contributed by atoms with E-state index in [0.717, 1.165) is 5.56 Å². The van der Waals surface area contributed by atoms with Crippen LogP contribution in [0.1, 0.15) is 15.2 Å². The maximum absolute atomic E-state index is 11.3. The Bertz CT molecular complexity index is 389. The molecule has 4 nitrogen and oxygen atoms in total. The summed E-state index contributed by atoms with van der Waals surface area (Å²) in [6.45, 7) is 1.83. The van der Waals surface area contributed by atoms with Crippen molar-refractivity contribution >= 4 is 44.8 Å². The van der Waals surface area contributed by atoms with Crippen molar-refractivity contribution in [3.8, 4) is 0 Å². The number of rotatable bonds is 3. The molecule has 1 aromatic heterocycles. The van der Waals surface area contributed by atoms with Gasteiger partial charge in [-0.2, -0.15) is 0 Å². The normalized spacial score (nSPS) is 9.80. The lowest BCUT2D eigenvalue weighted by Crippen LogP contribution is -2.15. The van der Waals surface area contributed by atoms with Gasteiger partial charge in [-0.3, -0.25) is 4.79 Å². The number of halogens is 1. The van der Waals surface area contributed by atoms with E-state index in [0.29, 0.717) is 10.6 Å². The zero-order chi connectivity index (χ0) is 11.4. The van der Waals surface area contributed by atoms with Gasteiger partial charge in [0.1, 0.15) is 4.88 Å². The van der Waals surface area contributed by atoms with Crippen molar-refractivity contribution in [1.29, 1.82) is 0 Å². The molecule has 0 aliphatic rings. The molecule has 0 saturated heterocycles. The van der Waals surface area contributed by atoms with Crippen molar-refractivity contribution in [2.45, 2.75) is 6.92 Å². The molecule has 0 radical (unpaired) electrons. The van der Waals surface area contributed by atoms with Gasteiger partial charge in [0.05, 0.1) is 18.1 Å². The highest BCUT2D eigenvalue weighted by molar-refractivity contribution is 9.09. The largest absolute Gasteiger partial charge is 0.465 e. The molecule has 0 atom stereocenters. The quantitative estimate of drug-likeness (QED) is 0.686. The van der Waals surface area contributed by atoms with Gasteiger partial charge in [0.15, 0.2) is 0 Å². The average molecular weight is 292 g/mol. The van der Waals surface area contributed by atoms with Gasteiger partial charge in [0.2, 0.25) is 5.91 Å². The molecule has 1 aromatic rings. The van der Waals surface area contributed by atoms with Gasteiger partial charge in [-0.25, -0.2) is 4.79 Å². The Morgan fingerprint density at radius 1 is 1.60 bits per heavy atom. The molecule has 15 heavy (non-hydrogen) atoms. The SMILES string of the molecule is COC(=O)c1scc(C)c1NC(=O)CBr. The molecule has 82 valence electrons. The number of carbonyl (C=O) groups is 2. The first-order valence-corrected chi connectivity index (χ1v) is 6.12. The predicted octanol–water partition coefficient (Wildman–Crippen LogP) is 2.18. The van der Waals surface area contributed by atoms with Crippen LogP contribution in [0.5, 0.6) is 0 Å². The highest BCUT2D eigenvalue weighted by Crippen LogP contribution is 2.28. The number of anilines is 1. The lowest BCUT2D eigenvalue weighted by molar-refractivity contribution is -0.113. The first-order valence-electron chi connectivity index (χ1n) is 4.12. The number of hydrogen-bond acceptors (Lipinski definition) is 4. The number of carbonyl (C=O) groups excluding carboxylic acids is 2. The summed E-state index contributed by atoms with van der Waals surface area (Å²) < 4.78 is 4.61. The van der Waals surface area contributed by atoms with Crippen molar-refractivity contribution in [3.05, 3.63) is 15.8 Å². The maximum Gasteiger partial charge on any atom is 0.350 e. The number of thiophene rings is 1. The summed E-state index contributed by atoms with van der Waals surface area (Å²) in [5.74, 6) is -0.625. The van der Waals surface area contributed by atoms with Crippen LogP contribution >= 0.6 is 27.3 Å². The Kier molecular flexibility index (Phi) is 4.28. The summed E-state index contributed by atoms with van der Waals surface area (Å²) >= 11 is 4.30. The Balaban J connectivity index is 2.99. The van der Waals surface area contributed by atoms with Crippen molar-refractivity contribution < 1.29 is 14.3 Å². The Hall–Kier alpha value is -0.880. The van der Waals surface area contributed by atoms with Gasteiger partial charge in [0.25, 0.3) is 0 Å². The molecule has 0 aliphatic heterocycles. The summed E-state index contributed by atoms with van der Waals surface area (Å²) in [4.78, 5) is 23.0. The van der Waals surface area contributed by atoms with E-state index in [-0.39, 0.29) is 11.2 Å². The molecule has 0 spiro atoms. The highest BCUT2D eigenvalue weighted by atomic mass is 79.9. The summed E-state index contributed by atoms with van der Waals surface area (Å²) in [5.41, 5.74) is 1.39. The topological polar surface area (TPSA) is 55.4 Å². The third-order valence-corrected chi connectivity index (χ3v) is 3.32. The smallest absolute Gasteiger partial charge is 0.350 e. The number of hydrogen-bond donors (Lipinski definition) is 1. The van der Waals surface area contributed by atoms with E-state index in [1.165, 1.54) is 18.4 Å². The lowest BCUT2D eigenvalue weighted by Gasteiger charge is -2.04. The van der Waals surface area contributed by atoms with Crippen LogP contribution in [0.15, 0.2) is 5.38 Å². The molecule has 6 heteroatoms. The minimum Gasteiger partial charge on any atom is -0.465 e. The van der Waals surface area contributed by atoms with E-state index >= 15 is 0 Å². The zero-order valence-corrected chi connectivity index (χ0v) is 10.7. The Morgan fingerprint density at radius 2 is 2.27 bits per heavy atom. The van der Waals surface area contributed by atoms with Crippen molar-refractivity contribution in [3.63, 3.8) is 0 Å². The zero-order valence-electron chi connectivity index (χ0n) is 8.30. The summed E-state index contributed by atoms with van der Waals surface area (Å²) in [6.07, 6.45) is 0. The third-order valence-electron chi connectivity index (χ3n) is 1.73. The number of methoxy groups -OCH3 is 1. The van der Waals surface area contributed by atoms with Crippen LogP contribution in [0.2, 0.25) is 0 Å². The third kappa shape index (κ3) is 2.79. The molecule has 0 fully saturated rings. The Labute approximate surface area is 99.8 Å². The second-order valence-electron chi connectivity index (χ2n) is 2.80. The van der Waals surface area contributed by atoms with Crippen molar-refractivity contribution in [2.24, 2.45) is 0 Å². The molecule has 0 bridgehead atoms. The van der Waals surface area contributed by atoms with Crippen molar-refractivity contribution in [2.75, 3.05) is 17.8 Å². The molecular weight excluding hydrogens is 282 g/mol. The van der Waals surface area contributed by atoms with E-state index in [1.807, 2.05) is 6.92 Å². The van der Waals surface area contributed by atoms with Gasteiger partial charge in [-0.1, -0.05) is 15.9 Å². The minimum absolute atomic E-state index is 0.193. The maximum atomic E-state index is 11.3. The van der Waals surface area contributed by atoms with Gasteiger partial charge in [-0.15, -0.1) is 11.3 Å². The average Bonchev–Trinajstić information content (AvgIpc) is 2.59. The van der Waals surface area contributed by atoms with Crippen LogP contribution in [0.4, 0.5) is 5.69 Å². The molecule has 0 unspecified atom stereocenters. The van der Waals surface area contributed by atoms with E-state index in [2.05, 4.69) is 26.0 Å². The number of esters is 1. The molecule has 1 rings (SSSR count). The second-order valence-corrected chi connectivity index (χ2v) is 4.24. The van der Waals surface area contributed by atoms with E-state index < -0.39 is 5.97 Å². The van der Waals surface area contributed by atoms with Crippen LogP contribution in [0.3, 0.4) is 0 Å². The first-order chi connectivity index (χ1) is 7.10. The summed E-state index contributed by atoms with van der Waals surface area (Å²) in [6, 6.07) is 0. The molecule has 1 amide bonds. The van der Waals surface area contributed by atoms with Crippen LogP contribution < -0.4 is 5.32 Å². The number of nitrogens with one attached hydrogen (secondary N) is 1. The molecule has 0 saturated carbocycles. The minimum atomic E-state index is -0.432. The Morgan fingerprint density at radius 3 is 2.80 bits per heavy atom. The molecule has 1 N–H and O–H groups in total. The van der Waals surface area contributed by atoms with Crippen molar-refractivity contribution in [1.82, 2.24) is 0 Å². The predicted molar refractivity (Wildman–Crippen MR) is 62.8 cm³/mol. The number of amides is 1. The van der Waals surface area contributed by atoms with Gasteiger partial charge >= 0.3 is 5.97 Å². The van der Waals surface area contributed by atoms with Gasteiger partial charge in [-0.05, 0) is 17.9 Å². The lowest BCUT2D eigenvalue weighted by atomic mass is 10.2. The molecule has 1 heterocycles. The molecular formula is C9H10BrNO3S. The number of ether oxygens (including phenoxy) is 1. The van der Waals surface area contributed by atoms with E-state index in [4.69, 9.17) is 0 Å². The number of aryl methyl sites for hydroxylation is 1. The standard InChI is InChI=1S/C9H10BrNO3S/c1-5-4-15-8(9(13)14-2)7(5)11-6(12)3-10/h4H,3H2,1-2H3,(H,11,12). The van der Waals surface area contributed by atoms with Crippen LogP contribution in [-0.4, -0.2) is 24.3 Å². The van der Waals surface area contributed by atoms with Gasteiger partial charge < -0.3 is 10.1 Å². The fourth-order valence-corrected chi connectivity index (χ4v) is 2.08. The van der Waals surface area contributed by atoms with E-state index in [1.54, 1.807) is 5.38 Å². The summed E-state index contributed by atoms with van der Waals surface area (Å²) in [5, 5.41) is 4.65. The van der Waals surface area contributed by atoms with Crippen LogP contribution in [-0.2, 0) is 9.53 Å². The molecule has 0 aliphatic carbocycles. The monoisotopic (exact) mass is 291 g/mol. The second kappa shape index (κ2) is 5.27. The molecule has 0 aromatic carbocycles. The van der Waals surface area contributed by atoms with Crippen LogP contribution in [0.25, 0.3) is 0 Å². The highest BCUT2D eigenvalue weighted by Gasteiger charge is 2.17. The number of alkyl halides is 1. The van der Waals surface area contributed by atoms with E-state index in [9.17, 15) is 9.59 Å². The summed E-state index contributed by atoms with van der Waals surface area (Å²) in [7, 11) is 1.31. The fraction of sp³-hybridized carbons (Fsp3) is 0.333. The first kappa shape index (κ1) is 12.2. The van der Waals surface area contributed by atoms with Crippen LogP contribution in [0, 0.1) is 6.92 Å².